The molecule has 0 fully saturated rings. The quantitative estimate of drug-likeness (QED) is 0.0539. The number of carbonyl (C=O) groups is 4. The van der Waals surface area contributed by atoms with E-state index in [1.807, 2.05) is 32.1 Å². The summed E-state index contributed by atoms with van der Waals surface area (Å²) >= 11 is 0. The summed E-state index contributed by atoms with van der Waals surface area (Å²) in [5, 5.41) is 11.6. The highest BCUT2D eigenvalue weighted by Gasteiger charge is 2.38. The van der Waals surface area contributed by atoms with Gasteiger partial charge in [-0.3, -0.25) is 19.8 Å². The van der Waals surface area contributed by atoms with Crippen LogP contribution in [0.4, 0.5) is 0 Å². The Hall–Kier alpha value is -5.56. The second-order valence-electron chi connectivity index (χ2n) is 13.8. The Morgan fingerprint density at radius 2 is 1.59 bits per heavy atom. The number of fused-ring (bicyclic) bond motifs is 8. The number of carbonyl (C=O) groups excluding carboxylic acids is 4. The maximum absolute atomic E-state index is 13.9. The lowest BCUT2D eigenvalue weighted by Gasteiger charge is -2.18. The van der Waals surface area contributed by atoms with Crippen LogP contribution < -0.4 is 10.8 Å². The summed E-state index contributed by atoms with van der Waals surface area (Å²) in [4.78, 5) is 69.0. The van der Waals surface area contributed by atoms with Gasteiger partial charge in [0.25, 0.3) is 0 Å². The molecule has 8 bridgehead atoms. The number of aromatic nitrogens is 4. The number of hydrogen-bond acceptors (Lipinski definition) is 9. The van der Waals surface area contributed by atoms with Crippen molar-refractivity contribution in [2.24, 2.45) is 0 Å². The number of esters is 2. The highest BCUT2D eigenvalue weighted by molar-refractivity contribution is 6.26. The Kier molecular flexibility index (Phi) is 12.5. The van der Waals surface area contributed by atoms with E-state index in [9.17, 15) is 19.2 Å². The minimum Gasteiger partial charge on any atom is -0.465 e. The lowest BCUT2D eigenvalue weighted by Crippen LogP contribution is -2.25. The number of H-pyrrole nitrogens is 2. The van der Waals surface area contributed by atoms with Crippen LogP contribution in [0.25, 0.3) is 39.3 Å². The Balaban J connectivity index is 1.72. The molecule has 54 heavy (non-hydrogen) atoms. The van der Waals surface area contributed by atoms with Crippen LogP contribution in [-0.2, 0) is 30.3 Å². The Morgan fingerprint density at radius 3 is 2.26 bits per heavy atom. The van der Waals surface area contributed by atoms with Crippen LogP contribution in [0.2, 0.25) is 0 Å². The molecule has 0 unspecified atom stereocenters. The zero-order valence-corrected chi connectivity index (χ0v) is 32.1. The first-order chi connectivity index (χ1) is 25.9. The summed E-state index contributed by atoms with van der Waals surface area (Å²) in [7, 11) is 2.56. The van der Waals surface area contributed by atoms with Gasteiger partial charge in [-0.1, -0.05) is 32.9 Å². The first-order valence-corrected chi connectivity index (χ1v) is 18.4. The first-order valence-electron chi connectivity index (χ1n) is 18.4. The van der Waals surface area contributed by atoms with E-state index in [2.05, 4.69) is 41.8 Å². The van der Waals surface area contributed by atoms with Gasteiger partial charge in [0.15, 0.2) is 0 Å². The molecule has 5 N–H and O–H groups in total. The molecule has 3 aromatic rings. The van der Waals surface area contributed by atoms with Gasteiger partial charge in [-0.25, -0.2) is 20.1 Å². The number of aryl methyl sites for hydroxylation is 3. The standard InChI is InChI=1S/C41H50N6O7/c1-9-25-21(3)28-18-30-23(5)27(15-16-34(48)42-17-13-11-12-14-35(49)47-52)38(45-30)37(41(51)54-8)39-36(40(50)53-7)24(6)31(46-39)20-33-26(10-2)22(4)29(44-33)19-32(25)43-28/h9,18-20,23,27,43-44,52H,1,10-17H2,2-8H3,(H,42,48)(H,47,49)/t23-,27-/m0/s1. The van der Waals surface area contributed by atoms with Crippen molar-refractivity contribution in [2.45, 2.75) is 91.4 Å². The third kappa shape index (κ3) is 7.86. The molecule has 2 amide bonds. The largest absolute Gasteiger partial charge is 0.465 e. The van der Waals surface area contributed by atoms with Crippen LogP contribution in [0.5, 0.6) is 0 Å². The van der Waals surface area contributed by atoms with Crippen molar-refractivity contribution in [2.75, 3.05) is 20.8 Å². The predicted octanol–water partition coefficient (Wildman–Crippen LogP) is 6.88. The van der Waals surface area contributed by atoms with Crippen molar-refractivity contribution in [3.05, 3.63) is 75.4 Å². The van der Waals surface area contributed by atoms with Crippen molar-refractivity contribution >= 4 is 63.0 Å². The minimum atomic E-state index is -0.712. The van der Waals surface area contributed by atoms with Crippen LogP contribution >= 0.6 is 0 Å². The molecule has 2 atom stereocenters. The molecule has 0 aromatic carbocycles. The summed E-state index contributed by atoms with van der Waals surface area (Å²) in [6.07, 6.45) is 5.23. The van der Waals surface area contributed by atoms with Gasteiger partial charge in [0, 0.05) is 64.5 Å². The monoisotopic (exact) mass is 738 g/mol. The fraction of sp³-hybridized carbons (Fsp3) is 0.415. The van der Waals surface area contributed by atoms with Gasteiger partial charge >= 0.3 is 11.9 Å². The Bertz CT molecular complexity index is 2190. The molecular formula is C41H50N6O7. The maximum Gasteiger partial charge on any atom is 0.341 e. The molecule has 286 valence electrons. The third-order valence-electron chi connectivity index (χ3n) is 10.6. The smallest absolute Gasteiger partial charge is 0.341 e. The summed E-state index contributed by atoms with van der Waals surface area (Å²) in [5.74, 6) is -2.63. The Labute approximate surface area is 314 Å². The summed E-state index contributed by atoms with van der Waals surface area (Å²) < 4.78 is 10.6. The van der Waals surface area contributed by atoms with Crippen LogP contribution in [0.15, 0.2) is 24.8 Å². The van der Waals surface area contributed by atoms with Gasteiger partial charge < -0.3 is 24.8 Å². The van der Waals surface area contributed by atoms with Crippen LogP contribution in [0.1, 0.15) is 127 Å². The maximum atomic E-state index is 13.9. The zero-order chi connectivity index (χ0) is 39.3. The fourth-order valence-corrected chi connectivity index (χ4v) is 7.47. The van der Waals surface area contributed by atoms with E-state index >= 15 is 0 Å². The van der Waals surface area contributed by atoms with Gasteiger partial charge in [0.05, 0.1) is 36.9 Å². The number of methoxy groups -OCH3 is 2. The van der Waals surface area contributed by atoms with E-state index in [1.165, 1.54) is 14.2 Å². The number of hydroxylamine groups is 1. The van der Waals surface area contributed by atoms with Gasteiger partial charge in [-0.2, -0.15) is 0 Å². The van der Waals surface area contributed by atoms with Crippen molar-refractivity contribution in [3.63, 3.8) is 0 Å². The number of nitrogens with zero attached hydrogens (tertiary/aromatic N) is 2. The van der Waals surface area contributed by atoms with E-state index in [0.29, 0.717) is 54.9 Å². The van der Waals surface area contributed by atoms with Gasteiger partial charge in [-0.05, 0) is 86.9 Å². The molecule has 2 aliphatic heterocycles. The van der Waals surface area contributed by atoms with Crippen molar-refractivity contribution in [1.29, 1.82) is 0 Å². The molecule has 5 rings (SSSR count). The third-order valence-corrected chi connectivity index (χ3v) is 10.6. The molecule has 13 heteroatoms. The van der Waals surface area contributed by atoms with Crippen LogP contribution in [0, 0.1) is 13.8 Å². The number of ether oxygens (including phenoxy) is 2. The molecule has 0 saturated heterocycles. The predicted molar refractivity (Wildman–Crippen MR) is 208 cm³/mol. The SMILES string of the molecule is C=Cc1c(C)c2cc3nc(c(C(=O)OC)c4nc(cc5[nH]c(cc1[nH]2)c(C)c5CC)C(C)=C4C(=O)OC)[C@@H](CCC(=O)NCCCCCC(=O)NO)[C@@H]3C. The number of hydrogen-bond donors (Lipinski definition) is 5. The molecule has 3 aromatic heterocycles. The highest BCUT2D eigenvalue weighted by Crippen LogP contribution is 2.44. The van der Waals surface area contributed by atoms with E-state index in [4.69, 9.17) is 24.6 Å². The normalized spacial score (nSPS) is 15.2. The molecule has 0 spiro atoms. The number of rotatable bonds is 13. The summed E-state index contributed by atoms with van der Waals surface area (Å²) in [6, 6.07) is 5.93. The lowest BCUT2D eigenvalue weighted by atomic mass is 9.85. The molecule has 2 aliphatic rings. The second-order valence-corrected chi connectivity index (χ2v) is 13.8. The second kappa shape index (κ2) is 17.1. The number of amides is 2. The van der Waals surface area contributed by atoms with Gasteiger partial charge in [-0.15, -0.1) is 0 Å². The fourth-order valence-electron chi connectivity index (χ4n) is 7.47. The molecule has 13 nitrogen and oxygen atoms in total. The molecular weight excluding hydrogens is 688 g/mol. The number of unbranched alkanes of at least 4 members (excludes halogenated alkanes) is 2. The van der Waals surface area contributed by atoms with E-state index in [-0.39, 0.29) is 41.5 Å². The highest BCUT2D eigenvalue weighted by atomic mass is 16.5. The van der Waals surface area contributed by atoms with E-state index < -0.39 is 23.8 Å². The molecule has 0 radical (unpaired) electrons. The number of nitrogens with one attached hydrogen (secondary N) is 4. The van der Waals surface area contributed by atoms with Crippen LogP contribution in [-0.4, -0.2) is 69.7 Å². The van der Waals surface area contributed by atoms with E-state index in [0.717, 1.165) is 50.7 Å². The molecule has 0 aliphatic carbocycles. The first kappa shape index (κ1) is 39.6. The van der Waals surface area contributed by atoms with Gasteiger partial charge in [0.1, 0.15) is 5.56 Å². The average Bonchev–Trinajstić information content (AvgIpc) is 3.84. The minimum absolute atomic E-state index is 0.0448. The van der Waals surface area contributed by atoms with Crippen molar-refractivity contribution < 1.29 is 33.9 Å². The van der Waals surface area contributed by atoms with Crippen LogP contribution in [0.3, 0.4) is 0 Å². The number of aromatic amines is 2. The van der Waals surface area contributed by atoms with Crippen molar-refractivity contribution in [3.8, 4) is 0 Å². The topological polar surface area (TPSA) is 188 Å². The summed E-state index contributed by atoms with van der Waals surface area (Å²) in [6.45, 7) is 14.5. The van der Waals surface area contributed by atoms with Gasteiger partial charge in [0.2, 0.25) is 11.8 Å². The van der Waals surface area contributed by atoms with E-state index in [1.54, 1.807) is 12.4 Å². The molecule has 5 heterocycles. The number of allylic oxidation sites excluding steroid dienone is 1. The van der Waals surface area contributed by atoms with Crippen molar-refractivity contribution in [1.82, 2.24) is 30.7 Å². The lowest BCUT2D eigenvalue weighted by molar-refractivity contribution is -0.133. The summed E-state index contributed by atoms with van der Waals surface area (Å²) in [5.41, 5.74) is 11.5. The zero-order valence-electron chi connectivity index (χ0n) is 32.1. The Morgan fingerprint density at radius 1 is 0.889 bits per heavy atom. The molecule has 0 saturated carbocycles. The average molecular weight is 739 g/mol.